The zero-order chi connectivity index (χ0) is 49.1. The monoisotopic (exact) mass is 959 g/mol. The summed E-state index contributed by atoms with van der Waals surface area (Å²) in [5.74, 6) is -0.386. The van der Waals surface area contributed by atoms with Gasteiger partial charge >= 0.3 is 5.97 Å². The topological polar surface area (TPSA) is 315 Å². The van der Waals surface area contributed by atoms with Gasteiger partial charge in [-0.25, -0.2) is 0 Å². The fraction of sp³-hybridized carbons (Fsp3) is 0.938. The Balaban J connectivity index is 0.985. The molecule has 4 saturated carbocycles. The molecule has 19 nitrogen and oxygen atoms in total. The third kappa shape index (κ3) is 7.92. The quantitative estimate of drug-likeness (QED) is 0.0971. The predicted octanol–water partition coefficient (Wildman–Crippen LogP) is -1.03. The third-order valence-electron chi connectivity index (χ3n) is 19.7. The highest BCUT2D eigenvalue weighted by molar-refractivity contribution is 5.79. The first-order valence-corrected chi connectivity index (χ1v) is 24.5. The van der Waals surface area contributed by atoms with Crippen molar-refractivity contribution in [1.29, 1.82) is 0 Å². The van der Waals surface area contributed by atoms with Gasteiger partial charge in [0.25, 0.3) is 0 Å². The molecule has 0 unspecified atom stereocenters. The second kappa shape index (κ2) is 18.5. The van der Waals surface area contributed by atoms with E-state index < -0.39 is 134 Å². The van der Waals surface area contributed by atoms with Gasteiger partial charge in [0.05, 0.1) is 43.5 Å². The highest BCUT2D eigenvalue weighted by Crippen LogP contribution is 2.76. The molecule has 0 amide bonds. The normalized spacial score (nSPS) is 56.7. The summed E-state index contributed by atoms with van der Waals surface area (Å²) in [5, 5.41) is 130. The van der Waals surface area contributed by atoms with Gasteiger partial charge in [-0.2, -0.15) is 0 Å². The summed E-state index contributed by atoms with van der Waals surface area (Å²) in [6, 6.07) is 0. The highest BCUT2D eigenvalue weighted by atomic mass is 16.8. The number of fused-ring (bicyclic) bond motifs is 7. The van der Waals surface area contributed by atoms with Crippen molar-refractivity contribution in [1.82, 2.24) is 0 Å². The van der Waals surface area contributed by atoms with Crippen LogP contribution in [0.5, 0.6) is 0 Å². The van der Waals surface area contributed by atoms with Crippen molar-refractivity contribution in [2.75, 3.05) is 19.8 Å². The lowest BCUT2D eigenvalue weighted by Gasteiger charge is -2.71. The van der Waals surface area contributed by atoms with E-state index in [9.17, 15) is 61.3 Å². The predicted molar refractivity (Wildman–Crippen MR) is 231 cm³/mol. The average molecular weight is 959 g/mol. The van der Waals surface area contributed by atoms with E-state index in [0.717, 1.165) is 19.3 Å². The van der Waals surface area contributed by atoms with Crippen LogP contribution in [0.25, 0.3) is 0 Å². The molecule has 12 N–H and O–H groups in total. The molecule has 19 heteroatoms. The minimum Gasteiger partial charge on any atom is -0.432 e. The van der Waals surface area contributed by atoms with Crippen molar-refractivity contribution in [2.24, 2.45) is 56.7 Å². The van der Waals surface area contributed by atoms with Gasteiger partial charge in [-0.3, -0.25) is 4.79 Å². The molecule has 8 aliphatic rings. The number of hydrogen-bond acceptors (Lipinski definition) is 19. The smallest absolute Gasteiger partial charge is 0.315 e. The standard InChI is InChI=1S/C48H78O19/c1-20-10-13-48(15-14-46(6)23(29(48)21(20)2)8-9-28-44(4)16-24(51)39(60)45(5,19-50)27(44)11-12-47(28,46)7)43(61)67-42-36(58)33(55)31(53)26(65-42)18-62-40-37(59)34(56)38(25(17-49)64-40)66-41-35(57)32(54)30(52)22(3)63-41/h8,20-22,24-42,49-60H,9-19H2,1-7H3/t20-,21+,22+,24-,25-,26-,27-,28-,29+,30+,31-,32-,33+,34-,35-,36-,37-,38-,39+,40-,41+,42+,44+,45-,46-,47-,48+/m1/s1. The van der Waals surface area contributed by atoms with Crippen LogP contribution in [0.1, 0.15) is 99.8 Å². The van der Waals surface area contributed by atoms with E-state index in [2.05, 4.69) is 40.7 Å². The lowest BCUT2D eigenvalue weighted by Crippen LogP contribution is -2.68. The van der Waals surface area contributed by atoms with Gasteiger partial charge in [0, 0.05) is 5.41 Å². The molecule has 3 saturated heterocycles. The molecule has 0 aromatic carbocycles. The maximum absolute atomic E-state index is 15.0. The van der Waals surface area contributed by atoms with Crippen molar-refractivity contribution in [3.8, 4) is 0 Å². The molecule has 0 spiro atoms. The van der Waals surface area contributed by atoms with Crippen molar-refractivity contribution < 1.29 is 94.5 Å². The third-order valence-corrected chi connectivity index (χ3v) is 19.7. The van der Waals surface area contributed by atoms with Crippen molar-refractivity contribution in [3.63, 3.8) is 0 Å². The van der Waals surface area contributed by atoms with Crippen LogP contribution in [0.4, 0.5) is 0 Å². The van der Waals surface area contributed by atoms with Gasteiger partial charge in [-0.15, -0.1) is 0 Å². The van der Waals surface area contributed by atoms with Gasteiger partial charge in [0.2, 0.25) is 6.29 Å². The lowest BCUT2D eigenvalue weighted by atomic mass is 9.33. The zero-order valence-corrected chi connectivity index (χ0v) is 39.8. The summed E-state index contributed by atoms with van der Waals surface area (Å²) < 4.78 is 34.7. The highest BCUT2D eigenvalue weighted by Gasteiger charge is 2.71. The SMILES string of the molecule is C[C@H]1[C@H](C)CC[C@]2(C(=O)O[C@@H]3O[C@H](CO[C@@H]4O[C@H](CO)[C@@H](O[C@@H]5O[C@@H](C)[C@H](O)[C@@H](O)[C@H]5O)[C@H](O)[C@H]4O)[C@@H](O)[C@H](O)[C@H]3O)CC[C@]3(C)C(=CC[C@@H]4[C@@]5(C)C[C@@H](O)[C@H](O)[C@](C)(CO)[C@@H]5CC[C@]43C)[C@H]12. The number of aliphatic hydroxyl groups is 12. The summed E-state index contributed by atoms with van der Waals surface area (Å²) in [6.07, 6.45) is -18.9. The van der Waals surface area contributed by atoms with E-state index in [1.54, 1.807) is 0 Å². The van der Waals surface area contributed by atoms with Crippen molar-refractivity contribution in [3.05, 3.63) is 11.6 Å². The molecule has 0 radical (unpaired) electrons. The fourth-order valence-electron chi connectivity index (χ4n) is 15.2. The number of esters is 1. The Labute approximate surface area is 392 Å². The van der Waals surface area contributed by atoms with Crippen molar-refractivity contribution >= 4 is 5.97 Å². The number of rotatable bonds is 9. The van der Waals surface area contributed by atoms with E-state index in [0.29, 0.717) is 32.1 Å². The number of carbonyl (C=O) groups is 1. The first-order valence-electron chi connectivity index (χ1n) is 24.5. The largest absolute Gasteiger partial charge is 0.432 e. The molecule has 27 atom stereocenters. The van der Waals surface area contributed by atoms with Gasteiger partial charge < -0.3 is 89.7 Å². The Morgan fingerprint density at radius 3 is 2.01 bits per heavy atom. The molecule has 8 rings (SSSR count). The minimum absolute atomic E-state index is 0.0112. The minimum atomic E-state index is -1.86. The summed E-state index contributed by atoms with van der Waals surface area (Å²) in [7, 11) is 0. The molecule has 67 heavy (non-hydrogen) atoms. The Bertz CT molecular complexity index is 1820. The van der Waals surface area contributed by atoms with Crippen molar-refractivity contribution in [2.45, 2.75) is 204 Å². The van der Waals surface area contributed by atoms with Gasteiger partial charge in [0.1, 0.15) is 67.1 Å². The Morgan fingerprint density at radius 1 is 0.701 bits per heavy atom. The Kier molecular flexibility index (Phi) is 14.4. The van der Waals surface area contributed by atoms with Gasteiger partial charge in [0.15, 0.2) is 12.6 Å². The number of ether oxygens (including phenoxy) is 6. The molecule has 0 bridgehead atoms. The van der Waals surface area contributed by atoms with E-state index in [1.165, 1.54) is 12.5 Å². The van der Waals surface area contributed by atoms with Crippen LogP contribution < -0.4 is 0 Å². The molecule has 3 heterocycles. The zero-order valence-electron chi connectivity index (χ0n) is 39.8. The van der Waals surface area contributed by atoms with E-state index >= 15 is 4.79 Å². The number of allylic oxidation sites excluding steroid dienone is 2. The number of hydrogen-bond donors (Lipinski definition) is 12. The van der Waals surface area contributed by atoms with E-state index in [-0.39, 0.29) is 52.4 Å². The van der Waals surface area contributed by atoms with Crippen LogP contribution in [0.2, 0.25) is 0 Å². The molecular formula is C48H78O19. The molecule has 384 valence electrons. The second-order valence-electron chi connectivity index (χ2n) is 22.9. The second-order valence-corrected chi connectivity index (χ2v) is 22.9. The van der Waals surface area contributed by atoms with E-state index in [1.807, 2.05) is 6.92 Å². The molecule has 7 fully saturated rings. The maximum Gasteiger partial charge on any atom is 0.315 e. The van der Waals surface area contributed by atoms with Crippen LogP contribution in [-0.2, 0) is 33.2 Å². The lowest BCUT2D eigenvalue weighted by molar-refractivity contribution is -0.361. The van der Waals surface area contributed by atoms with Gasteiger partial charge in [-0.1, -0.05) is 53.2 Å². The maximum atomic E-state index is 15.0. The fourth-order valence-corrected chi connectivity index (χ4v) is 15.2. The number of aliphatic hydroxyl groups excluding tert-OH is 12. The summed E-state index contributed by atoms with van der Waals surface area (Å²) in [6.45, 7) is 13.0. The summed E-state index contributed by atoms with van der Waals surface area (Å²) >= 11 is 0. The molecule has 0 aromatic rings. The van der Waals surface area contributed by atoms with Crippen LogP contribution in [0, 0.1) is 56.7 Å². The van der Waals surface area contributed by atoms with Gasteiger partial charge in [-0.05, 0) is 104 Å². The first kappa shape index (κ1) is 51.9. The molecule has 0 aromatic heterocycles. The average Bonchev–Trinajstić information content (AvgIpc) is 3.29. The van der Waals surface area contributed by atoms with Crippen LogP contribution in [0.3, 0.4) is 0 Å². The molecule has 5 aliphatic carbocycles. The van der Waals surface area contributed by atoms with Crippen LogP contribution in [0.15, 0.2) is 11.6 Å². The van der Waals surface area contributed by atoms with Crippen LogP contribution in [-0.4, -0.2) is 191 Å². The summed E-state index contributed by atoms with van der Waals surface area (Å²) in [5.41, 5.74) is -1.64. The Morgan fingerprint density at radius 2 is 1.34 bits per heavy atom. The number of carbonyl (C=O) groups excluding carboxylic acids is 1. The first-order chi connectivity index (χ1) is 31.4. The van der Waals surface area contributed by atoms with E-state index in [4.69, 9.17) is 28.4 Å². The summed E-state index contributed by atoms with van der Waals surface area (Å²) in [4.78, 5) is 15.0. The molecule has 3 aliphatic heterocycles. The van der Waals surface area contributed by atoms with Crippen LogP contribution >= 0.6 is 0 Å². The Hall–Kier alpha value is -1.47. The molecular weight excluding hydrogens is 881 g/mol.